The van der Waals surface area contributed by atoms with E-state index >= 15 is 0 Å². The molecule has 2 aliphatic carbocycles. The molecule has 0 radical (unpaired) electrons. The van der Waals surface area contributed by atoms with Crippen LogP contribution < -0.4 is 5.32 Å². The molecular weight excluding hydrogens is 410 g/mol. The van der Waals surface area contributed by atoms with E-state index in [1.54, 1.807) is 6.20 Å². The summed E-state index contributed by atoms with van der Waals surface area (Å²) in [6, 6.07) is 0.528. The Morgan fingerprint density at radius 3 is 2.59 bits per heavy atom. The summed E-state index contributed by atoms with van der Waals surface area (Å²) in [7, 11) is 0. The number of aliphatic carboxylic acids is 1. The normalized spacial score (nSPS) is 22.5. The van der Waals surface area contributed by atoms with Gasteiger partial charge in [-0.1, -0.05) is 24.2 Å². The molecule has 0 saturated heterocycles. The summed E-state index contributed by atoms with van der Waals surface area (Å²) in [4.78, 5) is 30.2. The van der Waals surface area contributed by atoms with Crippen LogP contribution in [0.4, 0.5) is 9.93 Å². The molecule has 1 heterocycles. The number of thiazole rings is 1. The largest absolute Gasteiger partial charge is 0.481 e. The van der Waals surface area contributed by atoms with Crippen molar-refractivity contribution in [2.24, 2.45) is 0 Å². The minimum absolute atomic E-state index is 0.0480. The highest BCUT2D eigenvalue weighted by Crippen LogP contribution is 2.33. The summed E-state index contributed by atoms with van der Waals surface area (Å²) in [6.07, 6.45) is 10.7. The lowest BCUT2D eigenvalue weighted by Crippen LogP contribution is -2.50. The summed E-state index contributed by atoms with van der Waals surface area (Å²) in [5.41, 5.74) is 0. The van der Waals surface area contributed by atoms with Crippen LogP contribution in [0, 0.1) is 0 Å². The van der Waals surface area contributed by atoms with E-state index in [1.807, 2.05) is 6.92 Å². The van der Waals surface area contributed by atoms with Gasteiger partial charge in [-0.2, -0.15) is 0 Å². The van der Waals surface area contributed by atoms with Crippen LogP contribution in [0.1, 0.15) is 64.7 Å². The van der Waals surface area contributed by atoms with Gasteiger partial charge in [0.15, 0.2) is 5.13 Å². The molecular formula is C20H31N3O4S2. The second-order valence-corrected chi connectivity index (χ2v) is 10.1. The van der Waals surface area contributed by atoms with Crippen molar-refractivity contribution in [3.8, 4) is 0 Å². The van der Waals surface area contributed by atoms with Gasteiger partial charge in [0.2, 0.25) is 0 Å². The van der Waals surface area contributed by atoms with Crippen molar-refractivity contribution < 1.29 is 19.4 Å². The Hall–Kier alpha value is -1.32. The van der Waals surface area contributed by atoms with Gasteiger partial charge in [-0.05, 0) is 45.4 Å². The van der Waals surface area contributed by atoms with E-state index in [-0.39, 0.29) is 18.5 Å². The van der Waals surface area contributed by atoms with Crippen LogP contribution in [-0.2, 0) is 9.53 Å². The number of hydrogen-bond donors (Lipinski definition) is 2. The Bertz CT molecular complexity index is 670. The van der Waals surface area contributed by atoms with Crippen molar-refractivity contribution in [1.29, 1.82) is 0 Å². The molecule has 0 spiro atoms. The minimum atomic E-state index is -0.804. The predicted molar refractivity (Wildman–Crippen MR) is 116 cm³/mol. The van der Waals surface area contributed by atoms with E-state index in [1.165, 1.54) is 35.9 Å². The first-order valence-electron chi connectivity index (χ1n) is 10.6. The number of hydrogen-bond acceptors (Lipinski definition) is 6. The third-order valence-electron chi connectivity index (χ3n) is 5.65. The standard InChI is InChI=1S/C20H31N3O4S2/c1-2-27-16-9-7-15(8-10-16)23(14-5-3-4-6-14)20(26)22-19-21-13-18(29-19)28-12-11-17(24)25/h13-16H,2-12H2,1H3,(H,24,25)(H,21,22,26)/t15-,16-. The van der Waals surface area contributed by atoms with Crippen molar-refractivity contribution in [3.05, 3.63) is 6.20 Å². The monoisotopic (exact) mass is 441 g/mol. The van der Waals surface area contributed by atoms with Crippen LogP contribution in [0.25, 0.3) is 0 Å². The van der Waals surface area contributed by atoms with Crippen LogP contribution in [0.3, 0.4) is 0 Å². The number of ether oxygens (including phenoxy) is 1. The molecule has 3 rings (SSSR count). The first-order chi connectivity index (χ1) is 14.1. The smallest absolute Gasteiger partial charge is 0.324 e. The fourth-order valence-electron chi connectivity index (χ4n) is 4.32. The Labute approximate surface area is 180 Å². The van der Waals surface area contributed by atoms with Crippen LogP contribution in [0.2, 0.25) is 0 Å². The van der Waals surface area contributed by atoms with Crippen molar-refractivity contribution in [1.82, 2.24) is 9.88 Å². The van der Waals surface area contributed by atoms with E-state index in [9.17, 15) is 9.59 Å². The molecule has 2 saturated carbocycles. The van der Waals surface area contributed by atoms with Crippen molar-refractivity contribution in [3.63, 3.8) is 0 Å². The van der Waals surface area contributed by atoms with Crippen LogP contribution in [-0.4, -0.2) is 57.5 Å². The van der Waals surface area contributed by atoms with Crippen molar-refractivity contribution in [2.75, 3.05) is 17.7 Å². The van der Waals surface area contributed by atoms with Crippen LogP contribution >= 0.6 is 23.1 Å². The molecule has 2 N–H and O–H groups in total. The molecule has 162 valence electrons. The molecule has 1 aromatic heterocycles. The van der Waals surface area contributed by atoms with Crippen molar-refractivity contribution in [2.45, 2.75) is 87.1 Å². The number of amides is 2. The molecule has 2 fully saturated rings. The van der Waals surface area contributed by atoms with Gasteiger partial charge in [0.1, 0.15) is 0 Å². The van der Waals surface area contributed by atoms with E-state index in [2.05, 4.69) is 15.2 Å². The molecule has 2 aliphatic rings. The fraction of sp³-hybridized carbons (Fsp3) is 0.750. The number of rotatable bonds is 9. The molecule has 7 nitrogen and oxygen atoms in total. The molecule has 9 heteroatoms. The molecule has 29 heavy (non-hydrogen) atoms. The topological polar surface area (TPSA) is 91.8 Å². The average Bonchev–Trinajstić information content (AvgIpc) is 3.36. The quantitative estimate of drug-likeness (QED) is 0.533. The zero-order valence-electron chi connectivity index (χ0n) is 17.0. The van der Waals surface area contributed by atoms with E-state index in [0.717, 1.165) is 49.3 Å². The van der Waals surface area contributed by atoms with Gasteiger partial charge in [-0.25, -0.2) is 9.78 Å². The van der Waals surface area contributed by atoms with Gasteiger partial charge in [0, 0.05) is 24.4 Å². The van der Waals surface area contributed by atoms with E-state index < -0.39 is 5.97 Å². The number of thioether (sulfide) groups is 1. The molecule has 1 aromatic rings. The first-order valence-corrected chi connectivity index (χ1v) is 12.4. The zero-order chi connectivity index (χ0) is 20.6. The number of carbonyl (C=O) groups is 2. The fourth-order valence-corrected chi connectivity index (χ4v) is 6.18. The summed E-state index contributed by atoms with van der Waals surface area (Å²) in [6.45, 7) is 2.78. The molecule has 0 unspecified atom stereocenters. The molecule has 0 bridgehead atoms. The van der Waals surface area contributed by atoms with Gasteiger partial charge in [0.25, 0.3) is 0 Å². The lowest BCUT2D eigenvalue weighted by molar-refractivity contribution is -0.136. The lowest BCUT2D eigenvalue weighted by atomic mass is 9.91. The third-order valence-corrected chi connectivity index (χ3v) is 7.76. The lowest BCUT2D eigenvalue weighted by Gasteiger charge is -2.40. The Morgan fingerprint density at radius 2 is 1.93 bits per heavy atom. The van der Waals surface area contributed by atoms with E-state index in [4.69, 9.17) is 9.84 Å². The van der Waals surface area contributed by atoms with Gasteiger partial charge < -0.3 is 14.7 Å². The zero-order valence-corrected chi connectivity index (χ0v) is 18.6. The maximum Gasteiger partial charge on any atom is 0.324 e. The second kappa shape index (κ2) is 11.2. The summed E-state index contributed by atoms with van der Waals surface area (Å²) in [5, 5.41) is 12.3. The van der Waals surface area contributed by atoms with Gasteiger partial charge in [0.05, 0.1) is 22.9 Å². The number of carboxylic acid groups (broad SMARTS) is 1. The molecule has 0 atom stereocenters. The average molecular weight is 442 g/mol. The predicted octanol–water partition coefficient (Wildman–Crippen LogP) is 4.83. The number of aromatic nitrogens is 1. The van der Waals surface area contributed by atoms with Crippen molar-refractivity contribution >= 4 is 40.2 Å². The van der Waals surface area contributed by atoms with Gasteiger partial charge in [-0.15, -0.1) is 11.8 Å². The van der Waals surface area contributed by atoms with Crippen LogP contribution in [0.5, 0.6) is 0 Å². The van der Waals surface area contributed by atoms with Crippen LogP contribution in [0.15, 0.2) is 10.4 Å². The maximum absolute atomic E-state index is 13.2. The minimum Gasteiger partial charge on any atom is -0.481 e. The SMILES string of the molecule is CCO[C@H]1CC[C@H](N(C(=O)Nc2ncc(SCCC(=O)O)s2)C2CCCC2)CC1. The van der Waals surface area contributed by atoms with Gasteiger partial charge >= 0.3 is 12.0 Å². The molecule has 2 amide bonds. The first kappa shape index (κ1) is 22.4. The third kappa shape index (κ3) is 6.58. The number of urea groups is 1. The summed E-state index contributed by atoms with van der Waals surface area (Å²) < 4.78 is 6.70. The number of carbonyl (C=O) groups excluding carboxylic acids is 1. The molecule has 0 aromatic carbocycles. The maximum atomic E-state index is 13.2. The Balaban J connectivity index is 1.59. The van der Waals surface area contributed by atoms with Gasteiger partial charge in [-0.3, -0.25) is 10.1 Å². The number of nitrogens with one attached hydrogen (secondary N) is 1. The Kier molecular flexibility index (Phi) is 8.62. The Morgan fingerprint density at radius 1 is 1.24 bits per heavy atom. The number of nitrogens with zero attached hydrogens (tertiary/aromatic N) is 2. The highest BCUT2D eigenvalue weighted by atomic mass is 32.2. The highest BCUT2D eigenvalue weighted by molar-refractivity contribution is 8.01. The van der Waals surface area contributed by atoms with E-state index in [0.29, 0.717) is 23.0 Å². The highest BCUT2D eigenvalue weighted by Gasteiger charge is 2.35. The molecule has 0 aliphatic heterocycles. The summed E-state index contributed by atoms with van der Waals surface area (Å²) >= 11 is 2.87. The number of carboxylic acids is 1. The second-order valence-electron chi connectivity index (χ2n) is 7.64. The number of anilines is 1. The summed E-state index contributed by atoms with van der Waals surface area (Å²) in [5.74, 6) is -0.302.